The number of rotatable bonds is 3. The largest absolute Gasteiger partial charge is 0.328 e. The van der Waals surface area contributed by atoms with Crippen molar-refractivity contribution in [3.63, 3.8) is 0 Å². The fourth-order valence-corrected chi connectivity index (χ4v) is 3.32. The summed E-state index contributed by atoms with van der Waals surface area (Å²) in [5.74, 6) is 0.439. The third kappa shape index (κ3) is 2.97. The fourth-order valence-electron chi connectivity index (χ4n) is 3.32. The van der Waals surface area contributed by atoms with Gasteiger partial charge in [-0.15, -0.1) is 0 Å². The molecule has 27 heavy (non-hydrogen) atoms. The number of amides is 1. The van der Waals surface area contributed by atoms with E-state index in [0.29, 0.717) is 11.5 Å². The van der Waals surface area contributed by atoms with Crippen molar-refractivity contribution in [2.24, 2.45) is 0 Å². The van der Waals surface area contributed by atoms with E-state index >= 15 is 0 Å². The van der Waals surface area contributed by atoms with Crippen LogP contribution in [-0.2, 0) is 4.79 Å². The zero-order valence-electron chi connectivity index (χ0n) is 15.4. The molecule has 1 amide bonds. The Hall–Kier alpha value is -3.48. The highest BCUT2D eigenvalue weighted by Gasteiger charge is 2.33. The molecule has 3 aromatic rings. The number of pyridine rings is 1. The number of carbonyl (C=O) groups is 1. The highest BCUT2D eigenvalue weighted by molar-refractivity contribution is 6.06. The van der Waals surface area contributed by atoms with E-state index in [4.69, 9.17) is 0 Å². The van der Waals surface area contributed by atoms with Crippen LogP contribution in [0, 0.1) is 13.8 Å². The van der Waals surface area contributed by atoms with Gasteiger partial charge in [0, 0.05) is 23.8 Å². The number of allylic oxidation sites excluding steroid dienone is 1. The molecule has 1 unspecified atom stereocenters. The molecule has 0 bridgehead atoms. The van der Waals surface area contributed by atoms with Gasteiger partial charge in [-0.25, -0.2) is 4.68 Å². The predicted octanol–water partition coefficient (Wildman–Crippen LogP) is 3.22. The highest BCUT2D eigenvalue weighted by Crippen LogP contribution is 2.35. The number of aromatic nitrogens is 4. The number of anilines is 2. The zero-order chi connectivity index (χ0) is 19.0. The normalized spacial score (nSPS) is 15.9. The average molecular weight is 360 g/mol. The minimum Gasteiger partial charge on any atom is -0.328 e. The molecule has 3 heterocycles. The molecule has 136 valence electrons. The van der Waals surface area contributed by atoms with E-state index in [9.17, 15) is 4.79 Å². The summed E-state index contributed by atoms with van der Waals surface area (Å²) < 4.78 is 1.72. The van der Waals surface area contributed by atoms with Crippen LogP contribution in [0.25, 0.3) is 0 Å². The number of nitrogens with zero attached hydrogens (tertiary/aromatic N) is 4. The maximum Gasteiger partial charge on any atom is 0.255 e. The van der Waals surface area contributed by atoms with Crippen LogP contribution in [0.1, 0.15) is 29.7 Å². The summed E-state index contributed by atoms with van der Waals surface area (Å²) >= 11 is 0. The predicted molar refractivity (Wildman–Crippen MR) is 103 cm³/mol. The minimum atomic E-state index is -0.378. The van der Waals surface area contributed by atoms with Crippen molar-refractivity contribution in [1.29, 1.82) is 0 Å². The number of benzene rings is 1. The molecular formula is C20H20N6O. The molecule has 1 aliphatic heterocycles. The molecule has 1 atom stereocenters. The molecule has 2 aromatic heterocycles. The number of carbonyl (C=O) groups excluding carboxylic acids is 1. The summed E-state index contributed by atoms with van der Waals surface area (Å²) in [6, 6.07) is 9.28. The third-order valence-corrected chi connectivity index (χ3v) is 4.91. The van der Waals surface area contributed by atoms with Crippen LogP contribution in [0.3, 0.4) is 0 Å². The van der Waals surface area contributed by atoms with Crippen molar-refractivity contribution in [1.82, 2.24) is 19.7 Å². The van der Waals surface area contributed by atoms with Crippen molar-refractivity contribution >= 4 is 17.5 Å². The van der Waals surface area contributed by atoms with Crippen molar-refractivity contribution < 1.29 is 4.79 Å². The molecular weight excluding hydrogens is 340 g/mol. The standard InChI is InChI=1S/C20H20N6O/c1-12-5-4-6-16(13(12)2)25-19(27)17-14(3)24-20-22-11-23-26(20)18(17)15-7-9-21-10-8-15/h4-11,18H,1-3H3,(H,25,27)(H,22,23,24). The molecule has 2 N–H and O–H groups in total. The van der Waals surface area contributed by atoms with Crippen molar-refractivity contribution in [2.45, 2.75) is 26.8 Å². The molecule has 1 aromatic carbocycles. The Balaban J connectivity index is 1.77. The van der Waals surface area contributed by atoms with Gasteiger partial charge in [-0.2, -0.15) is 10.1 Å². The van der Waals surface area contributed by atoms with Crippen LogP contribution in [0.2, 0.25) is 0 Å². The van der Waals surface area contributed by atoms with Crippen LogP contribution in [0.4, 0.5) is 11.6 Å². The molecule has 0 saturated carbocycles. The van der Waals surface area contributed by atoms with Crippen LogP contribution < -0.4 is 10.6 Å². The van der Waals surface area contributed by atoms with Gasteiger partial charge in [-0.3, -0.25) is 9.78 Å². The quantitative estimate of drug-likeness (QED) is 0.749. The van der Waals surface area contributed by atoms with E-state index in [1.54, 1.807) is 17.1 Å². The SMILES string of the molecule is CC1=C(C(=O)Nc2cccc(C)c2C)C(c2ccncc2)n2ncnc2N1. The summed E-state index contributed by atoms with van der Waals surface area (Å²) in [5, 5.41) is 10.6. The first kappa shape index (κ1) is 17.0. The van der Waals surface area contributed by atoms with Gasteiger partial charge in [0.25, 0.3) is 5.91 Å². The summed E-state index contributed by atoms with van der Waals surface area (Å²) in [7, 11) is 0. The first-order valence-corrected chi connectivity index (χ1v) is 8.71. The number of fused-ring (bicyclic) bond motifs is 1. The van der Waals surface area contributed by atoms with Gasteiger partial charge in [0.15, 0.2) is 0 Å². The first-order valence-electron chi connectivity index (χ1n) is 8.71. The molecule has 7 heteroatoms. The Labute approximate surface area is 157 Å². The molecule has 7 nitrogen and oxygen atoms in total. The number of aryl methyl sites for hydroxylation is 1. The topological polar surface area (TPSA) is 84.7 Å². The Morgan fingerprint density at radius 1 is 1.15 bits per heavy atom. The second-order valence-electron chi connectivity index (χ2n) is 6.58. The average Bonchev–Trinajstić information content (AvgIpc) is 3.13. The van der Waals surface area contributed by atoms with Crippen LogP contribution >= 0.6 is 0 Å². The summed E-state index contributed by atoms with van der Waals surface area (Å²) in [4.78, 5) is 21.6. The lowest BCUT2D eigenvalue weighted by atomic mass is 9.95. The smallest absolute Gasteiger partial charge is 0.255 e. The van der Waals surface area contributed by atoms with E-state index < -0.39 is 0 Å². The third-order valence-electron chi connectivity index (χ3n) is 4.91. The van der Waals surface area contributed by atoms with Gasteiger partial charge in [-0.05, 0) is 55.7 Å². The van der Waals surface area contributed by atoms with Gasteiger partial charge in [0.05, 0.1) is 5.57 Å². The van der Waals surface area contributed by atoms with Crippen LogP contribution in [0.15, 0.2) is 60.3 Å². The second kappa shape index (κ2) is 6.68. The minimum absolute atomic E-state index is 0.170. The van der Waals surface area contributed by atoms with Crippen molar-refractivity contribution in [2.75, 3.05) is 10.6 Å². The lowest BCUT2D eigenvalue weighted by molar-refractivity contribution is -0.113. The molecule has 1 aliphatic rings. The molecule has 0 radical (unpaired) electrons. The molecule has 0 saturated heterocycles. The van der Waals surface area contributed by atoms with Crippen molar-refractivity contribution in [3.05, 3.63) is 77.0 Å². The summed E-state index contributed by atoms with van der Waals surface area (Å²) in [5.41, 5.74) is 5.25. The zero-order valence-corrected chi connectivity index (χ0v) is 15.4. The first-order chi connectivity index (χ1) is 13.1. The van der Waals surface area contributed by atoms with E-state index in [2.05, 4.69) is 25.7 Å². The lowest BCUT2D eigenvalue weighted by Crippen LogP contribution is -2.31. The monoisotopic (exact) mass is 360 g/mol. The Morgan fingerprint density at radius 3 is 2.70 bits per heavy atom. The van der Waals surface area contributed by atoms with Gasteiger partial charge < -0.3 is 10.6 Å². The van der Waals surface area contributed by atoms with E-state index in [0.717, 1.165) is 28.1 Å². The molecule has 4 rings (SSSR count). The van der Waals surface area contributed by atoms with E-state index in [-0.39, 0.29) is 11.9 Å². The lowest BCUT2D eigenvalue weighted by Gasteiger charge is -2.28. The van der Waals surface area contributed by atoms with Gasteiger partial charge in [0.1, 0.15) is 12.4 Å². The van der Waals surface area contributed by atoms with E-state index in [1.807, 2.05) is 51.1 Å². The number of hydrogen-bond donors (Lipinski definition) is 2. The second-order valence-corrected chi connectivity index (χ2v) is 6.58. The van der Waals surface area contributed by atoms with E-state index in [1.165, 1.54) is 6.33 Å². The van der Waals surface area contributed by atoms with Crippen LogP contribution in [-0.4, -0.2) is 25.7 Å². The maximum atomic E-state index is 13.3. The number of hydrogen-bond acceptors (Lipinski definition) is 5. The van der Waals surface area contributed by atoms with Crippen molar-refractivity contribution in [3.8, 4) is 0 Å². The fraction of sp³-hybridized carbons (Fsp3) is 0.200. The number of nitrogens with one attached hydrogen (secondary N) is 2. The molecule has 0 aliphatic carbocycles. The van der Waals surface area contributed by atoms with Crippen LogP contribution in [0.5, 0.6) is 0 Å². The summed E-state index contributed by atoms with van der Waals surface area (Å²) in [6.45, 7) is 5.91. The molecule has 0 fully saturated rings. The maximum absolute atomic E-state index is 13.3. The van der Waals surface area contributed by atoms with Gasteiger partial charge in [-0.1, -0.05) is 12.1 Å². The summed E-state index contributed by atoms with van der Waals surface area (Å²) in [6.07, 6.45) is 4.91. The van der Waals surface area contributed by atoms with Gasteiger partial charge >= 0.3 is 0 Å². The van der Waals surface area contributed by atoms with Gasteiger partial charge in [0.2, 0.25) is 5.95 Å². The Bertz CT molecular complexity index is 1040. The molecule has 0 spiro atoms. The highest BCUT2D eigenvalue weighted by atomic mass is 16.1. The Morgan fingerprint density at radius 2 is 1.93 bits per heavy atom. The Kier molecular flexibility index (Phi) is 4.19.